The SMILES string of the molecule is CSc1nnc(C(SC)N(C)C(C)=O)n1-c1ccccc1. The van der Waals surface area contributed by atoms with E-state index in [-0.39, 0.29) is 11.3 Å². The molecule has 21 heavy (non-hydrogen) atoms. The minimum absolute atomic E-state index is 0.00247. The number of aromatic nitrogens is 3. The van der Waals surface area contributed by atoms with Gasteiger partial charge >= 0.3 is 0 Å². The van der Waals surface area contributed by atoms with Crippen LogP contribution in [-0.4, -0.2) is 45.1 Å². The molecule has 0 radical (unpaired) electrons. The molecule has 0 spiro atoms. The molecule has 1 aromatic heterocycles. The van der Waals surface area contributed by atoms with E-state index >= 15 is 0 Å². The summed E-state index contributed by atoms with van der Waals surface area (Å²) in [5.41, 5.74) is 0.998. The summed E-state index contributed by atoms with van der Waals surface area (Å²) < 4.78 is 2.01. The molecule has 0 saturated carbocycles. The fraction of sp³-hybridized carbons (Fsp3) is 0.357. The first-order valence-electron chi connectivity index (χ1n) is 6.41. The first-order valence-corrected chi connectivity index (χ1v) is 8.92. The van der Waals surface area contributed by atoms with Crippen molar-refractivity contribution in [1.82, 2.24) is 19.7 Å². The third-order valence-corrected chi connectivity index (χ3v) is 4.75. The molecular weight excluding hydrogens is 304 g/mol. The molecule has 1 atom stereocenters. The Labute approximate surface area is 133 Å². The molecule has 7 heteroatoms. The molecule has 0 saturated heterocycles. The van der Waals surface area contributed by atoms with Gasteiger partial charge in [0.2, 0.25) is 5.91 Å². The lowest BCUT2D eigenvalue weighted by molar-refractivity contribution is -0.128. The van der Waals surface area contributed by atoms with E-state index in [4.69, 9.17) is 0 Å². The van der Waals surface area contributed by atoms with Crippen LogP contribution in [0.4, 0.5) is 0 Å². The van der Waals surface area contributed by atoms with Crippen molar-refractivity contribution < 1.29 is 4.79 Å². The molecule has 1 unspecified atom stereocenters. The van der Waals surface area contributed by atoms with Crippen LogP contribution in [0.15, 0.2) is 35.5 Å². The quantitative estimate of drug-likeness (QED) is 0.626. The van der Waals surface area contributed by atoms with Gasteiger partial charge < -0.3 is 4.90 Å². The molecule has 0 aliphatic heterocycles. The van der Waals surface area contributed by atoms with E-state index < -0.39 is 0 Å². The Hall–Kier alpha value is -1.47. The molecule has 0 aliphatic carbocycles. The normalized spacial score (nSPS) is 12.2. The number of carbonyl (C=O) groups excluding carboxylic acids is 1. The fourth-order valence-electron chi connectivity index (χ4n) is 2.00. The predicted octanol–water partition coefficient (Wildman–Crippen LogP) is 2.83. The molecule has 1 heterocycles. The molecule has 1 aromatic carbocycles. The first kappa shape index (κ1) is 15.9. The summed E-state index contributed by atoms with van der Waals surface area (Å²) in [6, 6.07) is 9.95. The average molecular weight is 322 g/mol. The van der Waals surface area contributed by atoms with E-state index in [1.807, 2.05) is 47.4 Å². The Morgan fingerprint density at radius 1 is 1.24 bits per heavy atom. The number of para-hydroxylation sites is 1. The summed E-state index contributed by atoms with van der Waals surface area (Å²) in [4.78, 5) is 13.4. The number of nitrogens with zero attached hydrogens (tertiary/aromatic N) is 4. The number of hydrogen-bond acceptors (Lipinski definition) is 5. The average Bonchev–Trinajstić information content (AvgIpc) is 2.92. The summed E-state index contributed by atoms with van der Waals surface area (Å²) in [7, 11) is 1.78. The zero-order chi connectivity index (χ0) is 15.4. The van der Waals surface area contributed by atoms with Crippen molar-refractivity contribution >= 4 is 29.4 Å². The van der Waals surface area contributed by atoms with Gasteiger partial charge in [-0.3, -0.25) is 9.36 Å². The van der Waals surface area contributed by atoms with E-state index in [9.17, 15) is 4.79 Å². The van der Waals surface area contributed by atoms with Gasteiger partial charge in [-0.05, 0) is 24.6 Å². The first-order chi connectivity index (χ1) is 10.1. The van der Waals surface area contributed by atoms with Gasteiger partial charge in [0.1, 0.15) is 5.37 Å². The second-order valence-electron chi connectivity index (χ2n) is 4.43. The number of thioether (sulfide) groups is 2. The monoisotopic (exact) mass is 322 g/mol. The zero-order valence-electron chi connectivity index (χ0n) is 12.5. The summed E-state index contributed by atoms with van der Waals surface area (Å²) >= 11 is 3.10. The Balaban J connectivity index is 2.54. The van der Waals surface area contributed by atoms with Crippen molar-refractivity contribution in [3.63, 3.8) is 0 Å². The van der Waals surface area contributed by atoms with Crippen LogP contribution >= 0.6 is 23.5 Å². The molecule has 112 valence electrons. The molecule has 0 aliphatic rings. The Morgan fingerprint density at radius 2 is 1.90 bits per heavy atom. The van der Waals surface area contributed by atoms with E-state index in [1.165, 1.54) is 11.8 Å². The fourth-order valence-corrected chi connectivity index (χ4v) is 3.33. The Bertz CT molecular complexity index is 615. The maximum absolute atomic E-state index is 11.7. The zero-order valence-corrected chi connectivity index (χ0v) is 14.1. The number of hydrogen-bond donors (Lipinski definition) is 0. The summed E-state index contributed by atoms with van der Waals surface area (Å²) in [5.74, 6) is 0.762. The van der Waals surface area contributed by atoms with Crippen LogP contribution in [0, 0.1) is 0 Å². The third kappa shape index (κ3) is 3.24. The van der Waals surface area contributed by atoms with Crippen molar-refractivity contribution in [2.75, 3.05) is 19.6 Å². The number of rotatable bonds is 5. The highest BCUT2D eigenvalue weighted by Crippen LogP contribution is 2.32. The van der Waals surface area contributed by atoms with Crippen LogP contribution in [0.1, 0.15) is 18.1 Å². The largest absolute Gasteiger partial charge is 0.327 e. The Morgan fingerprint density at radius 3 is 2.43 bits per heavy atom. The molecule has 0 fully saturated rings. The highest BCUT2D eigenvalue weighted by molar-refractivity contribution is 7.99. The lowest BCUT2D eigenvalue weighted by Crippen LogP contribution is -2.29. The highest BCUT2D eigenvalue weighted by Gasteiger charge is 2.26. The molecular formula is C14H18N4OS2. The molecule has 0 bridgehead atoms. The van der Waals surface area contributed by atoms with E-state index in [1.54, 1.807) is 30.6 Å². The molecule has 1 amide bonds. The van der Waals surface area contributed by atoms with Gasteiger partial charge in [0, 0.05) is 19.7 Å². The highest BCUT2D eigenvalue weighted by atomic mass is 32.2. The summed E-state index contributed by atoms with van der Waals surface area (Å²) in [6.07, 6.45) is 3.93. The van der Waals surface area contributed by atoms with Crippen molar-refractivity contribution in [2.45, 2.75) is 17.5 Å². The lowest BCUT2D eigenvalue weighted by Gasteiger charge is -2.25. The van der Waals surface area contributed by atoms with Crippen LogP contribution < -0.4 is 0 Å². The van der Waals surface area contributed by atoms with Crippen LogP contribution in [0.5, 0.6) is 0 Å². The van der Waals surface area contributed by atoms with Crippen molar-refractivity contribution in [2.24, 2.45) is 0 Å². The van der Waals surface area contributed by atoms with Gasteiger partial charge in [0.25, 0.3) is 0 Å². The topological polar surface area (TPSA) is 51.0 Å². The van der Waals surface area contributed by atoms with Gasteiger partial charge in [0.15, 0.2) is 11.0 Å². The minimum atomic E-state index is -0.170. The van der Waals surface area contributed by atoms with Gasteiger partial charge in [-0.15, -0.1) is 22.0 Å². The van der Waals surface area contributed by atoms with Crippen molar-refractivity contribution in [3.8, 4) is 5.69 Å². The second-order valence-corrected chi connectivity index (χ2v) is 6.13. The van der Waals surface area contributed by atoms with Gasteiger partial charge in [-0.25, -0.2) is 0 Å². The van der Waals surface area contributed by atoms with Crippen molar-refractivity contribution in [3.05, 3.63) is 36.2 Å². The number of carbonyl (C=O) groups is 1. The minimum Gasteiger partial charge on any atom is -0.327 e. The second kappa shape index (κ2) is 7.00. The third-order valence-electron chi connectivity index (χ3n) is 3.15. The van der Waals surface area contributed by atoms with Crippen molar-refractivity contribution in [1.29, 1.82) is 0 Å². The van der Waals surface area contributed by atoms with Crippen LogP contribution in [0.2, 0.25) is 0 Å². The number of benzene rings is 1. The Kier molecular flexibility index (Phi) is 5.30. The molecule has 0 N–H and O–H groups in total. The van der Waals surface area contributed by atoms with Gasteiger partial charge in [0.05, 0.1) is 0 Å². The van der Waals surface area contributed by atoms with E-state index in [0.29, 0.717) is 0 Å². The van der Waals surface area contributed by atoms with Crippen LogP contribution in [0.25, 0.3) is 5.69 Å². The maximum Gasteiger partial charge on any atom is 0.220 e. The summed E-state index contributed by atoms with van der Waals surface area (Å²) in [5, 5.41) is 9.20. The van der Waals surface area contributed by atoms with Gasteiger partial charge in [-0.1, -0.05) is 30.0 Å². The smallest absolute Gasteiger partial charge is 0.220 e. The standard InChI is InChI=1S/C14H18N4OS2/c1-10(19)17(2)13(20-3)12-15-16-14(21-4)18(12)11-8-6-5-7-9-11/h5-9,13H,1-4H3. The summed E-state index contributed by atoms with van der Waals surface area (Å²) in [6.45, 7) is 1.56. The molecule has 2 aromatic rings. The number of amides is 1. The molecule has 2 rings (SSSR count). The van der Waals surface area contributed by atoms with E-state index in [2.05, 4.69) is 10.2 Å². The lowest BCUT2D eigenvalue weighted by atomic mass is 10.3. The van der Waals surface area contributed by atoms with Gasteiger partial charge in [-0.2, -0.15) is 0 Å². The molecule has 5 nitrogen and oxygen atoms in total. The maximum atomic E-state index is 11.7. The van der Waals surface area contributed by atoms with Crippen LogP contribution in [-0.2, 0) is 4.79 Å². The predicted molar refractivity (Wildman–Crippen MR) is 87.8 cm³/mol. The van der Waals surface area contributed by atoms with E-state index in [0.717, 1.165) is 16.7 Å². The van der Waals surface area contributed by atoms with Crippen LogP contribution in [0.3, 0.4) is 0 Å².